The van der Waals surface area contributed by atoms with E-state index in [1.54, 1.807) is 20.8 Å². The summed E-state index contributed by atoms with van der Waals surface area (Å²) in [7, 11) is 0. The van der Waals surface area contributed by atoms with Gasteiger partial charge in [-0.3, -0.25) is 9.59 Å². The minimum absolute atomic E-state index is 0.0688. The number of ketones is 3. The van der Waals surface area contributed by atoms with E-state index in [1.807, 2.05) is 41.5 Å². The van der Waals surface area contributed by atoms with Crippen LogP contribution in [0.25, 0.3) is 0 Å². The minimum Gasteiger partial charge on any atom is -0.393 e. The Morgan fingerprint density at radius 3 is 1.27 bits per heavy atom. The van der Waals surface area contributed by atoms with Crippen molar-refractivity contribution in [2.45, 2.75) is 158 Å². The van der Waals surface area contributed by atoms with Crippen LogP contribution < -0.4 is 0 Å². The summed E-state index contributed by atoms with van der Waals surface area (Å²) in [5.74, 6) is 0.406. The summed E-state index contributed by atoms with van der Waals surface area (Å²) in [6.45, 7) is 22.3. The fraction of sp³-hybridized carbons (Fsp3) is 0.903. The monoisotopic (exact) mass is 580 g/mol. The highest BCUT2D eigenvalue weighted by atomic mass is 16.4. The van der Waals surface area contributed by atoms with Crippen LogP contribution in [0.2, 0.25) is 0 Å². The highest BCUT2D eigenvalue weighted by Gasteiger charge is 2.34. The van der Waals surface area contributed by atoms with Crippen molar-refractivity contribution in [2.75, 3.05) is 0 Å². The Labute approximate surface area is 244 Å². The number of Topliss-reactive ketones (excluding diaryl/α,β-unsaturated/α-hetero) is 3. The maximum Gasteiger partial charge on any atom is 0.166 e. The Hall–Kier alpha value is -1.23. The third-order valence-corrected chi connectivity index (χ3v) is 6.12. The zero-order valence-electron chi connectivity index (χ0n) is 27.4. The van der Waals surface area contributed by atoms with E-state index in [9.17, 15) is 34.8 Å². The van der Waals surface area contributed by atoms with Gasteiger partial charge in [0.2, 0.25) is 0 Å². The van der Waals surface area contributed by atoms with Crippen LogP contribution in [0.3, 0.4) is 0 Å². The molecule has 0 saturated carbocycles. The van der Waals surface area contributed by atoms with Crippen molar-refractivity contribution in [1.82, 2.24) is 0 Å². The van der Waals surface area contributed by atoms with Crippen molar-refractivity contribution < 1.29 is 45.0 Å². The molecule has 0 aliphatic heterocycles. The third-order valence-electron chi connectivity index (χ3n) is 6.12. The number of hydrogen-bond donors (Lipinski definition) is 6. The van der Waals surface area contributed by atoms with Crippen LogP contribution in [-0.4, -0.2) is 84.6 Å². The third kappa shape index (κ3) is 27.0. The molecule has 0 aromatic carbocycles. The lowest BCUT2D eigenvalue weighted by molar-refractivity contribution is -0.147. The van der Waals surface area contributed by atoms with Crippen LogP contribution in [0.1, 0.15) is 122 Å². The molecule has 6 N–H and O–H groups in total. The van der Waals surface area contributed by atoms with Gasteiger partial charge in [0.15, 0.2) is 5.78 Å². The van der Waals surface area contributed by atoms with Gasteiger partial charge in [0, 0.05) is 24.7 Å². The van der Waals surface area contributed by atoms with Gasteiger partial charge in [0.1, 0.15) is 29.9 Å². The molecule has 0 amide bonds. The second-order valence-corrected chi connectivity index (χ2v) is 11.7. The first-order chi connectivity index (χ1) is 18.2. The SMILES string of the molecule is CC(=O)CCC(=O)C(C)C.CCC(O)C(C)C.CCC(O)C(O)C(O)C(O)C(=O)C(C)C.CCC(O)CC(C)C. The zero-order valence-corrected chi connectivity index (χ0v) is 27.4. The van der Waals surface area contributed by atoms with Crippen LogP contribution in [0, 0.1) is 23.7 Å². The lowest BCUT2D eigenvalue weighted by Crippen LogP contribution is -2.48. The number of aliphatic hydroxyl groups excluding tert-OH is 6. The lowest BCUT2D eigenvalue weighted by Gasteiger charge is -2.25. The van der Waals surface area contributed by atoms with Crippen molar-refractivity contribution in [3.63, 3.8) is 0 Å². The molecule has 0 saturated heterocycles. The first kappa shape index (κ1) is 45.7. The fourth-order valence-corrected chi connectivity index (χ4v) is 2.94. The second-order valence-electron chi connectivity index (χ2n) is 11.7. The molecule has 0 aliphatic rings. The van der Waals surface area contributed by atoms with Gasteiger partial charge in [-0.25, -0.2) is 0 Å². The normalized spacial score (nSPS) is 15.4. The highest BCUT2D eigenvalue weighted by molar-refractivity contribution is 5.86. The minimum atomic E-state index is -1.65. The van der Waals surface area contributed by atoms with Gasteiger partial charge in [0.25, 0.3) is 0 Å². The molecule has 9 nitrogen and oxygen atoms in total. The lowest BCUT2D eigenvalue weighted by atomic mass is 9.94. The van der Waals surface area contributed by atoms with Gasteiger partial charge in [-0.05, 0) is 44.4 Å². The highest BCUT2D eigenvalue weighted by Crippen LogP contribution is 2.11. The smallest absolute Gasteiger partial charge is 0.166 e. The molecule has 0 radical (unpaired) electrons. The van der Waals surface area contributed by atoms with E-state index in [4.69, 9.17) is 10.2 Å². The molecule has 242 valence electrons. The summed E-state index contributed by atoms with van der Waals surface area (Å²) in [5, 5.41) is 55.4. The fourth-order valence-electron chi connectivity index (χ4n) is 2.94. The van der Waals surface area contributed by atoms with Gasteiger partial charge in [-0.2, -0.15) is 0 Å². The van der Waals surface area contributed by atoms with Gasteiger partial charge < -0.3 is 35.4 Å². The average molecular weight is 581 g/mol. The second kappa shape index (κ2) is 26.7. The van der Waals surface area contributed by atoms with Crippen LogP contribution in [0.4, 0.5) is 0 Å². The molecule has 0 bridgehead atoms. The van der Waals surface area contributed by atoms with Crippen LogP contribution in [-0.2, 0) is 14.4 Å². The van der Waals surface area contributed by atoms with Crippen LogP contribution >= 0.6 is 0 Å². The van der Waals surface area contributed by atoms with Crippen LogP contribution in [0.15, 0.2) is 0 Å². The molecule has 0 rings (SSSR count). The maximum atomic E-state index is 11.3. The van der Waals surface area contributed by atoms with E-state index < -0.39 is 36.1 Å². The molecular formula is C31H64O9. The van der Waals surface area contributed by atoms with Crippen molar-refractivity contribution >= 4 is 17.3 Å². The number of carbonyl (C=O) groups is 3. The molecule has 6 unspecified atom stereocenters. The van der Waals surface area contributed by atoms with Crippen molar-refractivity contribution in [3.8, 4) is 0 Å². The van der Waals surface area contributed by atoms with E-state index in [0.29, 0.717) is 24.7 Å². The summed E-state index contributed by atoms with van der Waals surface area (Å²) in [5.41, 5.74) is 0. The zero-order chi connectivity index (χ0) is 32.7. The predicted octanol–water partition coefficient (Wildman–Crippen LogP) is 3.86. The maximum absolute atomic E-state index is 11.3. The Kier molecular flexibility index (Phi) is 30.5. The van der Waals surface area contributed by atoms with E-state index in [2.05, 4.69) is 13.8 Å². The molecular weight excluding hydrogens is 516 g/mol. The average Bonchev–Trinajstić information content (AvgIpc) is 2.89. The predicted molar refractivity (Wildman–Crippen MR) is 161 cm³/mol. The summed E-state index contributed by atoms with van der Waals surface area (Å²) in [4.78, 5) is 32.6. The first-order valence-electron chi connectivity index (χ1n) is 14.8. The summed E-state index contributed by atoms with van der Waals surface area (Å²) in [6, 6.07) is 0. The molecule has 6 atom stereocenters. The molecule has 0 spiro atoms. The largest absolute Gasteiger partial charge is 0.393 e. The van der Waals surface area contributed by atoms with Crippen molar-refractivity contribution in [2.24, 2.45) is 23.7 Å². The summed E-state index contributed by atoms with van der Waals surface area (Å²) < 4.78 is 0. The van der Waals surface area contributed by atoms with Crippen molar-refractivity contribution in [1.29, 1.82) is 0 Å². The first-order valence-corrected chi connectivity index (χ1v) is 14.8. The molecule has 0 aromatic rings. The molecule has 0 fully saturated rings. The van der Waals surface area contributed by atoms with E-state index in [0.717, 1.165) is 19.3 Å². The van der Waals surface area contributed by atoms with E-state index in [1.165, 1.54) is 6.92 Å². The van der Waals surface area contributed by atoms with E-state index in [-0.39, 0.29) is 36.1 Å². The Balaban J connectivity index is -0.000000227. The van der Waals surface area contributed by atoms with Gasteiger partial charge in [-0.1, -0.05) is 76.2 Å². The molecule has 40 heavy (non-hydrogen) atoms. The number of rotatable bonds is 15. The van der Waals surface area contributed by atoms with Gasteiger partial charge in [-0.15, -0.1) is 0 Å². The Morgan fingerprint density at radius 1 is 0.600 bits per heavy atom. The molecule has 0 aliphatic carbocycles. The summed E-state index contributed by atoms with van der Waals surface area (Å²) in [6.07, 6.45) is -2.37. The van der Waals surface area contributed by atoms with Crippen LogP contribution in [0.5, 0.6) is 0 Å². The number of aliphatic hydroxyl groups is 6. The molecule has 0 aromatic heterocycles. The molecule has 9 heteroatoms. The summed E-state index contributed by atoms with van der Waals surface area (Å²) >= 11 is 0. The Bertz CT molecular complexity index is 632. The Morgan fingerprint density at radius 2 is 1.05 bits per heavy atom. The molecule has 0 heterocycles. The standard InChI is InChI=1S/C10H20O5.C8H14O2.C7H16O.C6H14O/c1-4-6(11)8(13)10(15)9(14)7(12)5(2)3;1-6(2)8(10)5-4-7(3)9;1-4-7(8)5-6(2)3;1-4-6(7)5(2)3/h5-6,8-11,13-15H,4H2,1-3H3;6H,4-5H2,1-3H3;6-8H,4-5H2,1-3H3;5-7H,4H2,1-3H3. The van der Waals surface area contributed by atoms with Gasteiger partial charge >= 0.3 is 0 Å². The number of carbonyl (C=O) groups excluding carboxylic acids is 3. The van der Waals surface area contributed by atoms with Crippen molar-refractivity contribution in [3.05, 3.63) is 0 Å². The van der Waals surface area contributed by atoms with E-state index >= 15 is 0 Å². The quantitative estimate of drug-likeness (QED) is 0.168. The number of hydrogen-bond acceptors (Lipinski definition) is 9. The topological polar surface area (TPSA) is 173 Å². The van der Waals surface area contributed by atoms with Gasteiger partial charge in [0.05, 0.1) is 18.3 Å².